The lowest BCUT2D eigenvalue weighted by Crippen LogP contribution is -2.45. The highest BCUT2D eigenvalue weighted by atomic mass is 16.5. The molecular formula is C8H17N3O2. The number of hydrogen-bond acceptors (Lipinski definition) is 3. The van der Waals surface area contributed by atoms with Gasteiger partial charge in [0, 0.05) is 5.54 Å². The number of aliphatic imine (C=N–C) groups is 1. The van der Waals surface area contributed by atoms with Crippen molar-refractivity contribution < 1.29 is 9.53 Å². The number of methoxy groups -OCH3 is 1. The second kappa shape index (κ2) is 4.69. The molecule has 0 rings (SSSR count). The molecule has 0 aliphatic rings. The summed E-state index contributed by atoms with van der Waals surface area (Å²) in [6.07, 6.45) is 0. The fourth-order valence-corrected chi connectivity index (χ4v) is 0.638. The monoisotopic (exact) mass is 187 g/mol. The van der Waals surface area contributed by atoms with E-state index in [1.807, 2.05) is 20.8 Å². The van der Waals surface area contributed by atoms with Gasteiger partial charge < -0.3 is 15.8 Å². The topological polar surface area (TPSA) is 76.7 Å². The van der Waals surface area contributed by atoms with Gasteiger partial charge in [-0.3, -0.25) is 4.79 Å². The molecule has 0 atom stereocenters. The minimum atomic E-state index is -0.404. The highest BCUT2D eigenvalue weighted by Crippen LogP contribution is 1.96. The van der Waals surface area contributed by atoms with Gasteiger partial charge in [0.15, 0.2) is 5.96 Å². The summed E-state index contributed by atoms with van der Waals surface area (Å²) >= 11 is 0. The molecule has 76 valence electrons. The Hall–Kier alpha value is -1.26. The van der Waals surface area contributed by atoms with Crippen LogP contribution < -0.4 is 11.1 Å². The maximum absolute atomic E-state index is 10.7. The van der Waals surface area contributed by atoms with E-state index in [2.05, 4.69) is 15.0 Å². The summed E-state index contributed by atoms with van der Waals surface area (Å²) in [7, 11) is 1.31. The van der Waals surface area contributed by atoms with Crippen molar-refractivity contribution in [1.29, 1.82) is 0 Å². The Labute approximate surface area is 78.4 Å². The van der Waals surface area contributed by atoms with Crippen LogP contribution in [-0.2, 0) is 9.53 Å². The Morgan fingerprint density at radius 3 is 2.46 bits per heavy atom. The van der Waals surface area contributed by atoms with Gasteiger partial charge in [-0.1, -0.05) is 0 Å². The summed E-state index contributed by atoms with van der Waals surface area (Å²) < 4.78 is 4.40. The molecule has 3 N–H and O–H groups in total. The second-order valence-electron chi connectivity index (χ2n) is 3.65. The lowest BCUT2D eigenvalue weighted by atomic mass is 10.1. The predicted octanol–water partition coefficient (Wildman–Crippen LogP) is -0.138. The molecule has 0 fully saturated rings. The van der Waals surface area contributed by atoms with Crippen LogP contribution in [0.4, 0.5) is 0 Å². The van der Waals surface area contributed by atoms with Crippen LogP contribution in [0.15, 0.2) is 4.99 Å². The van der Waals surface area contributed by atoms with E-state index in [9.17, 15) is 4.79 Å². The van der Waals surface area contributed by atoms with Gasteiger partial charge in [0.05, 0.1) is 7.11 Å². The average Bonchev–Trinajstić information content (AvgIpc) is 1.97. The summed E-state index contributed by atoms with van der Waals surface area (Å²) in [6, 6.07) is 0. The third kappa shape index (κ3) is 7.11. The third-order valence-electron chi connectivity index (χ3n) is 1.11. The van der Waals surface area contributed by atoms with Crippen molar-refractivity contribution in [2.45, 2.75) is 26.3 Å². The molecule has 5 nitrogen and oxygen atoms in total. The van der Waals surface area contributed by atoms with E-state index in [0.717, 1.165) is 0 Å². The number of ether oxygens (including phenoxy) is 1. The highest BCUT2D eigenvalue weighted by molar-refractivity contribution is 5.82. The fourth-order valence-electron chi connectivity index (χ4n) is 0.638. The first-order valence-electron chi connectivity index (χ1n) is 4.00. The summed E-state index contributed by atoms with van der Waals surface area (Å²) in [4.78, 5) is 14.5. The van der Waals surface area contributed by atoms with Crippen molar-refractivity contribution >= 4 is 11.9 Å². The van der Waals surface area contributed by atoms with Gasteiger partial charge in [-0.05, 0) is 20.8 Å². The molecule has 0 radical (unpaired) electrons. The van der Waals surface area contributed by atoms with E-state index >= 15 is 0 Å². The minimum absolute atomic E-state index is 0.0502. The molecule has 0 bridgehead atoms. The van der Waals surface area contributed by atoms with Crippen molar-refractivity contribution in [3.63, 3.8) is 0 Å². The molecule has 0 saturated heterocycles. The zero-order valence-corrected chi connectivity index (χ0v) is 8.55. The summed E-state index contributed by atoms with van der Waals surface area (Å²) in [6.45, 7) is 5.81. The van der Waals surface area contributed by atoms with E-state index < -0.39 is 5.97 Å². The Morgan fingerprint density at radius 1 is 1.54 bits per heavy atom. The Morgan fingerprint density at radius 2 is 2.08 bits per heavy atom. The van der Waals surface area contributed by atoms with Crippen molar-refractivity contribution in [2.24, 2.45) is 10.7 Å². The molecule has 0 aromatic rings. The van der Waals surface area contributed by atoms with Crippen molar-refractivity contribution in [3.8, 4) is 0 Å². The van der Waals surface area contributed by atoms with Crippen molar-refractivity contribution in [3.05, 3.63) is 0 Å². The normalized spacial score (nSPS) is 12.5. The number of nitrogens with zero attached hydrogens (tertiary/aromatic N) is 1. The molecule has 0 saturated carbocycles. The minimum Gasteiger partial charge on any atom is -0.468 e. The molecule has 5 heteroatoms. The van der Waals surface area contributed by atoms with Gasteiger partial charge >= 0.3 is 5.97 Å². The van der Waals surface area contributed by atoms with E-state index in [1.54, 1.807) is 0 Å². The zero-order valence-electron chi connectivity index (χ0n) is 8.55. The van der Waals surface area contributed by atoms with Gasteiger partial charge in [-0.15, -0.1) is 0 Å². The van der Waals surface area contributed by atoms with Gasteiger partial charge in [-0.25, -0.2) is 4.99 Å². The summed E-state index contributed by atoms with van der Waals surface area (Å²) in [5.41, 5.74) is 5.34. The fraction of sp³-hybridized carbons (Fsp3) is 0.750. The molecule has 0 aliphatic heterocycles. The first-order valence-corrected chi connectivity index (χ1v) is 4.00. The molecule has 0 heterocycles. The summed E-state index contributed by atoms with van der Waals surface area (Å²) in [5.74, 6) is -0.156. The van der Waals surface area contributed by atoms with Crippen LogP contribution in [0.5, 0.6) is 0 Å². The number of carbonyl (C=O) groups excluding carboxylic acids is 1. The van der Waals surface area contributed by atoms with E-state index in [4.69, 9.17) is 5.73 Å². The quantitative estimate of drug-likeness (QED) is 0.358. The van der Waals surface area contributed by atoms with Crippen LogP contribution >= 0.6 is 0 Å². The predicted molar refractivity (Wildman–Crippen MR) is 51.4 cm³/mol. The molecule has 0 aromatic carbocycles. The third-order valence-corrected chi connectivity index (χ3v) is 1.11. The van der Waals surface area contributed by atoms with Crippen LogP contribution in [0.25, 0.3) is 0 Å². The number of nitrogens with one attached hydrogen (secondary N) is 1. The molecule has 0 amide bonds. The van der Waals surface area contributed by atoms with Crippen LogP contribution in [0.3, 0.4) is 0 Å². The number of guanidine groups is 1. The first-order chi connectivity index (χ1) is 5.85. The number of carbonyl (C=O) groups is 1. The highest BCUT2D eigenvalue weighted by Gasteiger charge is 2.09. The average molecular weight is 187 g/mol. The number of hydrogen-bond donors (Lipinski definition) is 2. The van der Waals surface area contributed by atoms with Crippen LogP contribution in [0.1, 0.15) is 20.8 Å². The van der Waals surface area contributed by atoms with Gasteiger partial charge in [0.25, 0.3) is 0 Å². The van der Waals surface area contributed by atoms with E-state index in [0.29, 0.717) is 0 Å². The number of esters is 1. The molecule has 0 aromatic heterocycles. The van der Waals surface area contributed by atoms with Crippen LogP contribution in [0.2, 0.25) is 0 Å². The standard InChI is InChI=1S/C8H17N3O2/c1-8(2,3)11-7(9)10-5-6(12)13-4/h5H2,1-4H3,(H3,9,10,11). The maximum atomic E-state index is 10.7. The number of rotatable bonds is 2. The van der Waals surface area contributed by atoms with Gasteiger partial charge in [0.2, 0.25) is 0 Å². The smallest absolute Gasteiger partial charge is 0.327 e. The largest absolute Gasteiger partial charge is 0.468 e. The molecule has 0 unspecified atom stereocenters. The van der Waals surface area contributed by atoms with Crippen molar-refractivity contribution in [1.82, 2.24) is 5.32 Å². The Bertz CT molecular complexity index is 206. The molecular weight excluding hydrogens is 170 g/mol. The lowest BCUT2D eigenvalue weighted by Gasteiger charge is -2.20. The van der Waals surface area contributed by atoms with Gasteiger partial charge in [-0.2, -0.15) is 0 Å². The van der Waals surface area contributed by atoms with Crippen LogP contribution in [0, 0.1) is 0 Å². The second-order valence-corrected chi connectivity index (χ2v) is 3.65. The summed E-state index contributed by atoms with van der Waals surface area (Å²) in [5, 5.41) is 2.92. The Kier molecular flexibility index (Phi) is 4.23. The van der Waals surface area contributed by atoms with Gasteiger partial charge in [0.1, 0.15) is 6.54 Å². The van der Waals surface area contributed by atoms with E-state index in [1.165, 1.54) is 7.11 Å². The SMILES string of the molecule is COC(=O)CN=C(N)NC(C)(C)C. The first kappa shape index (κ1) is 11.7. The van der Waals surface area contributed by atoms with Crippen molar-refractivity contribution in [2.75, 3.05) is 13.7 Å². The van der Waals surface area contributed by atoms with E-state index in [-0.39, 0.29) is 18.0 Å². The lowest BCUT2D eigenvalue weighted by molar-refractivity contribution is -0.138. The molecule has 0 spiro atoms. The van der Waals surface area contributed by atoms with Crippen LogP contribution in [-0.4, -0.2) is 31.1 Å². The maximum Gasteiger partial charge on any atom is 0.327 e. The molecule has 13 heavy (non-hydrogen) atoms. The number of nitrogens with two attached hydrogens (primary N) is 1. The zero-order chi connectivity index (χ0) is 10.5. The molecule has 0 aliphatic carbocycles. The Balaban J connectivity index is 3.96.